The van der Waals surface area contributed by atoms with Crippen LogP contribution >= 0.6 is 11.3 Å². The van der Waals surface area contributed by atoms with Gasteiger partial charge in [-0.15, -0.1) is 11.3 Å². The average Bonchev–Trinajstić information content (AvgIpc) is 3.18. The van der Waals surface area contributed by atoms with Gasteiger partial charge in [-0.05, 0) is 39.3 Å². The van der Waals surface area contributed by atoms with Crippen LogP contribution in [0, 0.1) is 0 Å². The minimum atomic E-state index is -0.278. The van der Waals surface area contributed by atoms with Gasteiger partial charge in [0.2, 0.25) is 0 Å². The lowest BCUT2D eigenvalue weighted by Crippen LogP contribution is -2.40. The normalized spacial score (nSPS) is 11.7. The molecule has 0 radical (unpaired) electrons. The maximum atomic E-state index is 12.6. The van der Waals surface area contributed by atoms with E-state index in [1.165, 1.54) is 0 Å². The van der Waals surface area contributed by atoms with E-state index in [1.54, 1.807) is 11.3 Å². The van der Waals surface area contributed by atoms with E-state index in [9.17, 15) is 4.79 Å². The number of hydrogen-bond acceptors (Lipinski definition) is 5. The van der Waals surface area contributed by atoms with Crippen molar-refractivity contribution in [2.75, 3.05) is 11.9 Å². The van der Waals surface area contributed by atoms with E-state index in [4.69, 9.17) is 4.98 Å². The van der Waals surface area contributed by atoms with Crippen molar-refractivity contribution in [3.8, 4) is 0 Å². The highest BCUT2D eigenvalue weighted by atomic mass is 32.1. The second-order valence-electron chi connectivity index (χ2n) is 7.37. The monoisotopic (exact) mass is 371 g/mol. The van der Waals surface area contributed by atoms with Crippen molar-refractivity contribution in [3.63, 3.8) is 0 Å². The first-order valence-electron chi connectivity index (χ1n) is 8.71. The molecule has 6 nitrogen and oxygen atoms in total. The molecule has 0 aliphatic carbocycles. The van der Waals surface area contributed by atoms with Crippen LogP contribution in [-0.2, 0) is 13.0 Å². The average molecular weight is 372 g/mol. The van der Waals surface area contributed by atoms with Crippen molar-refractivity contribution >= 4 is 28.7 Å². The molecule has 0 aliphatic rings. The van der Waals surface area contributed by atoms with Crippen molar-refractivity contribution in [3.05, 3.63) is 46.2 Å². The van der Waals surface area contributed by atoms with Crippen molar-refractivity contribution in [1.82, 2.24) is 19.7 Å². The molecule has 3 rings (SSSR count). The lowest BCUT2D eigenvalue weighted by Gasteiger charge is -2.21. The zero-order valence-electron chi connectivity index (χ0n) is 15.9. The van der Waals surface area contributed by atoms with E-state index in [-0.39, 0.29) is 11.4 Å². The van der Waals surface area contributed by atoms with Crippen LogP contribution in [0.1, 0.15) is 48.8 Å². The fourth-order valence-corrected chi connectivity index (χ4v) is 3.55. The molecular formula is C19H25N5OS. The first kappa shape index (κ1) is 18.4. The predicted octanol–water partition coefficient (Wildman–Crippen LogP) is 3.52. The zero-order chi connectivity index (χ0) is 18.9. The number of nitrogens with one attached hydrogen (secondary N) is 1. The van der Waals surface area contributed by atoms with Gasteiger partial charge in [-0.1, -0.05) is 6.92 Å². The predicted molar refractivity (Wildman–Crippen MR) is 106 cm³/mol. The molecule has 0 aliphatic heterocycles. The Morgan fingerprint density at radius 2 is 2.12 bits per heavy atom. The van der Waals surface area contributed by atoms with Gasteiger partial charge in [-0.3, -0.25) is 9.20 Å². The Bertz CT molecular complexity index is 908. The Kier molecular flexibility index (Phi) is 5.00. The van der Waals surface area contributed by atoms with Gasteiger partial charge in [0, 0.05) is 30.4 Å². The van der Waals surface area contributed by atoms with Crippen LogP contribution in [0.2, 0.25) is 0 Å². The number of imidazole rings is 1. The van der Waals surface area contributed by atoms with Gasteiger partial charge in [-0.25, -0.2) is 9.97 Å². The minimum Gasteiger partial charge on any atom is -0.352 e. The molecule has 0 spiro atoms. The number of anilines is 1. The summed E-state index contributed by atoms with van der Waals surface area (Å²) in [6.45, 7) is 8.72. The highest BCUT2D eigenvalue weighted by Crippen LogP contribution is 2.25. The molecule has 3 heterocycles. The number of fused-ring (bicyclic) bond motifs is 1. The summed E-state index contributed by atoms with van der Waals surface area (Å²) in [5.41, 5.74) is 2.20. The van der Waals surface area contributed by atoms with Crippen molar-refractivity contribution in [2.45, 2.75) is 46.2 Å². The Morgan fingerprint density at radius 1 is 1.35 bits per heavy atom. The molecule has 0 fully saturated rings. The highest BCUT2D eigenvalue weighted by molar-refractivity contribution is 7.09. The van der Waals surface area contributed by atoms with E-state index in [1.807, 2.05) is 62.1 Å². The summed E-state index contributed by atoms with van der Waals surface area (Å²) >= 11 is 1.64. The molecule has 3 aromatic rings. The molecule has 1 amide bonds. The third-order valence-electron chi connectivity index (χ3n) is 3.97. The van der Waals surface area contributed by atoms with Crippen molar-refractivity contribution in [1.29, 1.82) is 0 Å². The fraction of sp³-hybridized carbons (Fsp3) is 0.421. The van der Waals surface area contributed by atoms with Crippen LogP contribution in [0.25, 0.3) is 5.65 Å². The summed E-state index contributed by atoms with van der Waals surface area (Å²) in [6.07, 6.45) is 4.51. The lowest BCUT2D eigenvalue weighted by molar-refractivity contribution is 0.0919. The van der Waals surface area contributed by atoms with Crippen LogP contribution in [-0.4, -0.2) is 32.9 Å². The van der Waals surface area contributed by atoms with Crippen LogP contribution in [0.15, 0.2) is 29.9 Å². The molecule has 0 saturated carbocycles. The Balaban J connectivity index is 2.00. The number of nitrogens with zero attached hydrogens (tertiary/aromatic N) is 4. The summed E-state index contributed by atoms with van der Waals surface area (Å²) in [5.74, 6) is 0.919. The number of thiazole rings is 1. The van der Waals surface area contributed by atoms with Gasteiger partial charge in [0.25, 0.3) is 5.91 Å². The summed E-state index contributed by atoms with van der Waals surface area (Å²) < 4.78 is 2.00. The topological polar surface area (TPSA) is 62.5 Å². The maximum absolute atomic E-state index is 12.6. The van der Waals surface area contributed by atoms with Crippen LogP contribution < -0.4 is 10.2 Å². The molecule has 3 aromatic heterocycles. The van der Waals surface area contributed by atoms with Gasteiger partial charge in [0.05, 0.1) is 17.8 Å². The quantitative estimate of drug-likeness (QED) is 0.745. The Morgan fingerprint density at radius 3 is 2.73 bits per heavy atom. The third-order valence-corrected chi connectivity index (χ3v) is 4.73. The number of carbonyl (C=O) groups is 1. The van der Waals surface area contributed by atoms with Crippen LogP contribution in [0.4, 0.5) is 5.82 Å². The van der Waals surface area contributed by atoms with E-state index in [2.05, 4.69) is 22.1 Å². The first-order chi connectivity index (χ1) is 12.3. The number of aromatic nitrogens is 3. The summed E-state index contributed by atoms with van der Waals surface area (Å²) in [6, 6.07) is 3.73. The Hall–Kier alpha value is -2.41. The third kappa shape index (κ3) is 3.88. The molecular weight excluding hydrogens is 346 g/mol. The molecule has 0 atom stereocenters. The molecule has 0 aromatic carbocycles. The molecule has 0 bridgehead atoms. The smallest absolute Gasteiger partial charge is 0.253 e. The molecule has 1 N–H and O–H groups in total. The number of aryl methyl sites for hydroxylation is 1. The van der Waals surface area contributed by atoms with Gasteiger partial charge >= 0.3 is 0 Å². The number of hydrogen-bond donors (Lipinski definition) is 1. The van der Waals surface area contributed by atoms with E-state index in [0.717, 1.165) is 28.6 Å². The standard InChI is InChI=1S/C19H25N5OS/c1-6-14-18(23(5)12-16-20-9-10-26-16)24-11-13(7-8-15(24)21-14)17(25)22-19(2,3)4/h7-11H,6,12H2,1-5H3,(H,22,25). The highest BCUT2D eigenvalue weighted by Gasteiger charge is 2.19. The second-order valence-corrected chi connectivity index (χ2v) is 8.35. The van der Waals surface area contributed by atoms with Crippen molar-refractivity contribution < 1.29 is 4.79 Å². The summed E-state index contributed by atoms with van der Waals surface area (Å²) in [4.78, 5) is 23.8. The second kappa shape index (κ2) is 7.07. The number of carbonyl (C=O) groups excluding carboxylic acids is 1. The SMILES string of the molecule is CCc1nc2ccc(C(=O)NC(C)(C)C)cn2c1N(C)Cc1nccs1. The molecule has 138 valence electrons. The van der Waals surface area contributed by atoms with Gasteiger partial charge < -0.3 is 10.2 Å². The zero-order valence-corrected chi connectivity index (χ0v) is 16.7. The number of rotatable bonds is 5. The van der Waals surface area contributed by atoms with Gasteiger partial charge in [-0.2, -0.15) is 0 Å². The van der Waals surface area contributed by atoms with E-state index >= 15 is 0 Å². The minimum absolute atomic E-state index is 0.0836. The fourth-order valence-electron chi connectivity index (χ4n) is 2.88. The lowest BCUT2D eigenvalue weighted by atomic mass is 10.1. The van der Waals surface area contributed by atoms with E-state index in [0.29, 0.717) is 12.1 Å². The number of pyridine rings is 1. The maximum Gasteiger partial charge on any atom is 0.253 e. The van der Waals surface area contributed by atoms with E-state index < -0.39 is 0 Å². The summed E-state index contributed by atoms with van der Waals surface area (Å²) in [5, 5.41) is 6.04. The van der Waals surface area contributed by atoms with Crippen LogP contribution in [0.3, 0.4) is 0 Å². The van der Waals surface area contributed by atoms with Crippen molar-refractivity contribution in [2.24, 2.45) is 0 Å². The molecule has 0 saturated heterocycles. The first-order valence-corrected chi connectivity index (χ1v) is 9.59. The molecule has 26 heavy (non-hydrogen) atoms. The summed E-state index contributed by atoms with van der Waals surface area (Å²) in [7, 11) is 2.03. The largest absolute Gasteiger partial charge is 0.352 e. The number of amides is 1. The van der Waals surface area contributed by atoms with Gasteiger partial charge in [0.1, 0.15) is 16.5 Å². The molecule has 7 heteroatoms. The Labute approximate surface area is 157 Å². The van der Waals surface area contributed by atoms with Crippen LogP contribution in [0.5, 0.6) is 0 Å². The molecule has 0 unspecified atom stereocenters. The van der Waals surface area contributed by atoms with Gasteiger partial charge in [0.15, 0.2) is 0 Å².